The lowest BCUT2D eigenvalue weighted by Gasteiger charge is -2.24. The highest BCUT2D eigenvalue weighted by atomic mass is 79.9. The van der Waals surface area contributed by atoms with Crippen LogP contribution >= 0.6 is 15.9 Å². The van der Waals surface area contributed by atoms with E-state index in [2.05, 4.69) is 57.8 Å². The molecule has 0 saturated carbocycles. The molecule has 1 atom stereocenters. The first-order chi connectivity index (χ1) is 8.15. The van der Waals surface area contributed by atoms with Crippen LogP contribution in [0.3, 0.4) is 0 Å². The number of fused-ring (bicyclic) bond motifs is 1. The molecule has 2 aromatic heterocycles. The lowest BCUT2D eigenvalue weighted by Crippen LogP contribution is -2.23. The molecule has 0 spiro atoms. The molecule has 1 N–H and O–H groups in total. The van der Waals surface area contributed by atoms with Crippen molar-refractivity contribution < 1.29 is 0 Å². The lowest BCUT2D eigenvalue weighted by atomic mass is 10.1. The molecular formula is C13H18BrN3. The van der Waals surface area contributed by atoms with Gasteiger partial charge in [-0.25, -0.2) is 4.98 Å². The standard InChI is InChI=1S/C13H18BrN3/c1-4-12(17(3)5-2)11-6-9-8-15-13(14)7-10(9)16-11/h6-8,12,16H,4-5H2,1-3H3. The summed E-state index contributed by atoms with van der Waals surface area (Å²) in [5.41, 5.74) is 2.41. The highest BCUT2D eigenvalue weighted by Crippen LogP contribution is 2.26. The molecule has 0 amide bonds. The van der Waals surface area contributed by atoms with E-state index in [-0.39, 0.29) is 0 Å². The third-order valence-electron chi connectivity index (χ3n) is 3.27. The van der Waals surface area contributed by atoms with Crippen LogP contribution in [0.4, 0.5) is 0 Å². The van der Waals surface area contributed by atoms with Gasteiger partial charge < -0.3 is 4.98 Å². The lowest BCUT2D eigenvalue weighted by molar-refractivity contribution is 0.247. The minimum absolute atomic E-state index is 0.450. The summed E-state index contributed by atoms with van der Waals surface area (Å²) in [5.74, 6) is 0. The SMILES string of the molecule is CCC(c1cc2cnc(Br)cc2[nH]1)N(C)CC. The maximum Gasteiger partial charge on any atom is 0.108 e. The molecule has 2 heterocycles. The molecule has 3 nitrogen and oxygen atoms in total. The third-order valence-corrected chi connectivity index (χ3v) is 3.70. The van der Waals surface area contributed by atoms with Crippen molar-refractivity contribution in [1.82, 2.24) is 14.9 Å². The summed E-state index contributed by atoms with van der Waals surface area (Å²) < 4.78 is 0.871. The molecule has 0 bridgehead atoms. The van der Waals surface area contributed by atoms with Crippen molar-refractivity contribution in [3.63, 3.8) is 0 Å². The summed E-state index contributed by atoms with van der Waals surface area (Å²) in [6.45, 7) is 5.45. The van der Waals surface area contributed by atoms with Crippen molar-refractivity contribution in [3.8, 4) is 0 Å². The number of hydrogen-bond acceptors (Lipinski definition) is 2. The van der Waals surface area contributed by atoms with Gasteiger partial charge >= 0.3 is 0 Å². The summed E-state index contributed by atoms with van der Waals surface area (Å²) in [7, 11) is 2.16. The minimum Gasteiger partial charge on any atom is -0.357 e. The Morgan fingerprint density at radius 3 is 2.82 bits per heavy atom. The number of nitrogens with one attached hydrogen (secondary N) is 1. The molecule has 4 heteroatoms. The average molecular weight is 296 g/mol. The first-order valence-electron chi connectivity index (χ1n) is 6.00. The number of pyridine rings is 1. The van der Waals surface area contributed by atoms with Crippen LogP contribution in [0.15, 0.2) is 22.9 Å². The van der Waals surface area contributed by atoms with Crippen LogP contribution in [0.5, 0.6) is 0 Å². The van der Waals surface area contributed by atoms with Crippen LogP contribution in [0.2, 0.25) is 0 Å². The molecule has 0 fully saturated rings. The predicted octanol–water partition coefficient (Wildman–Crippen LogP) is 3.73. The van der Waals surface area contributed by atoms with Crippen molar-refractivity contribution in [2.45, 2.75) is 26.3 Å². The van der Waals surface area contributed by atoms with E-state index in [0.29, 0.717) is 6.04 Å². The van der Waals surface area contributed by atoms with E-state index in [1.165, 1.54) is 11.1 Å². The van der Waals surface area contributed by atoms with Gasteiger partial charge in [-0.05, 0) is 48.1 Å². The largest absolute Gasteiger partial charge is 0.357 e. The number of rotatable bonds is 4. The Hall–Kier alpha value is -0.870. The van der Waals surface area contributed by atoms with Crippen molar-refractivity contribution in [3.05, 3.63) is 28.6 Å². The summed E-state index contributed by atoms with van der Waals surface area (Å²) >= 11 is 3.40. The van der Waals surface area contributed by atoms with Crippen LogP contribution in [0.25, 0.3) is 10.9 Å². The smallest absolute Gasteiger partial charge is 0.108 e. The number of H-pyrrole nitrogens is 1. The van der Waals surface area contributed by atoms with E-state index in [1.54, 1.807) is 0 Å². The molecule has 0 saturated heterocycles. The quantitative estimate of drug-likeness (QED) is 0.872. The summed E-state index contributed by atoms with van der Waals surface area (Å²) in [6, 6.07) is 4.68. The molecular weight excluding hydrogens is 278 g/mol. The van der Waals surface area contributed by atoms with E-state index >= 15 is 0 Å². The van der Waals surface area contributed by atoms with Gasteiger partial charge in [0.05, 0.1) is 0 Å². The van der Waals surface area contributed by atoms with Crippen molar-refractivity contribution in [1.29, 1.82) is 0 Å². The molecule has 0 aliphatic rings. The molecule has 1 unspecified atom stereocenters. The van der Waals surface area contributed by atoms with Gasteiger partial charge in [0, 0.05) is 28.8 Å². The monoisotopic (exact) mass is 295 g/mol. The Morgan fingerprint density at radius 1 is 1.41 bits per heavy atom. The van der Waals surface area contributed by atoms with Crippen molar-refractivity contribution in [2.24, 2.45) is 0 Å². The second kappa shape index (κ2) is 5.19. The van der Waals surface area contributed by atoms with Gasteiger partial charge in [0.1, 0.15) is 4.60 Å². The van der Waals surface area contributed by atoms with Crippen LogP contribution in [-0.2, 0) is 0 Å². The number of halogens is 1. The Morgan fingerprint density at radius 2 is 2.18 bits per heavy atom. The molecule has 17 heavy (non-hydrogen) atoms. The van der Waals surface area contributed by atoms with Gasteiger partial charge in [0.25, 0.3) is 0 Å². The Labute approximate surface area is 110 Å². The number of aromatic nitrogens is 2. The predicted molar refractivity (Wildman–Crippen MR) is 75.1 cm³/mol. The zero-order valence-electron chi connectivity index (χ0n) is 10.5. The Balaban J connectivity index is 2.41. The second-order valence-corrected chi connectivity index (χ2v) is 5.13. The summed E-state index contributed by atoms with van der Waals surface area (Å²) in [6.07, 6.45) is 3.00. The van der Waals surface area contributed by atoms with E-state index in [1.807, 2.05) is 12.3 Å². The normalized spacial score (nSPS) is 13.5. The molecule has 2 rings (SSSR count). The van der Waals surface area contributed by atoms with Crippen molar-refractivity contribution >= 4 is 26.8 Å². The zero-order valence-corrected chi connectivity index (χ0v) is 12.1. The fraction of sp³-hybridized carbons (Fsp3) is 0.462. The Kier molecular flexibility index (Phi) is 3.84. The van der Waals surface area contributed by atoms with Crippen LogP contribution < -0.4 is 0 Å². The molecule has 0 aliphatic heterocycles. The van der Waals surface area contributed by atoms with E-state index in [9.17, 15) is 0 Å². The third kappa shape index (κ3) is 2.53. The van der Waals surface area contributed by atoms with E-state index in [0.717, 1.165) is 23.1 Å². The van der Waals surface area contributed by atoms with Crippen LogP contribution in [0.1, 0.15) is 32.0 Å². The highest BCUT2D eigenvalue weighted by molar-refractivity contribution is 9.10. The van der Waals surface area contributed by atoms with Gasteiger partial charge in [0.2, 0.25) is 0 Å². The first kappa shape index (κ1) is 12.6. The second-order valence-electron chi connectivity index (χ2n) is 4.32. The average Bonchev–Trinajstić information content (AvgIpc) is 2.72. The fourth-order valence-corrected chi connectivity index (χ4v) is 2.52. The summed E-state index contributed by atoms with van der Waals surface area (Å²) in [4.78, 5) is 10.1. The first-order valence-corrected chi connectivity index (χ1v) is 6.79. The van der Waals surface area contributed by atoms with Gasteiger partial charge in [0.15, 0.2) is 0 Å². The van der Waals surface area contributed by atoms with Crippen LogP contribution in [0, 0.1) is 0 Å². The van der Waals surface area contributed by atoms with Gasteiger partial charge in [-0.15, -0.1) is 0 Å². The van der Waals surface area contributed by atoms with Crippen LogP contribution in [-0.4, -0.2) is 28.5 Å². The van der Waals surface area contributed by atoms with Gasteiger partial charge in [-0.3, -0.25) is 4.90 Å². The maximum absolute atomic E-state index is 4.25. The fourth-order valence-electron chi connectivity index (χ4n) is 2.19. The molecule has 0 aromatic carbocycles. The van der Waals surface area contributed by atoms with E-state index < -0.39 is 0 Å². The minimum atomic E-state index is 0.450. The van der Waals surface area contributed by atoms with Crippen molar-refractivity contribution in [2.75, 3.05) is 13.6 Å². The van der Waals surface area contributed by atoms with Gasteiger partial charge in [-0.1, -0.05) is 13.8 Å². The number of hydrogen-bond donors (Lipinski definition) is 1. The summed E-state index contributed by atoms with van der Waals surface area (Å²) in [5, 5.41) is 1.17. The van der Waals surface area contributed by atoms with Gasteiger partial charge in [-0.2, -0.15) is 0 Å². The number of nitrogens with zero attached hydrogens (tertiary/aromatic N) is 2. The highest BCUT2D eigenvalue weighted by Gasteiger charge is 2.15. The molecule has 92 valence electrons. The topological polar surface area (TPSA) is 31.9 Å². The molecule has 2 aromatic rings. The Bertz CT molecular complexity index is 506. The number of aromatic amines is 1. The molecule has 0 aliphatic carbocycles. The molecule has 0 radical (unpaired) electrons. The van der Waals surface area contributed by atoms with E-state index in [4.69, 9.17) is 0 Å². The zero-order chi connectivity index (χ0) is 12.4. The maximum atomic E-state index is 4.25.